The van der Waals surface area contributed by atoms with E-state index in [9.17, 15) is 4.79 Å². The highest BCUT2D eigenvalue weighted by Crippen LogP contribution is 2.49. The molecule has 1 saturated heterocycles. The van der Waals surface area contributed by atoms with Gasteiger partial charge >= 0.3 is 0 Å². The topological polar surface area (TPSA) is 49.6 Å². The van der Waals surface area contributed by atoms with Gasteiger partial charge in [-0.25, -0.2) is 0 Å². The average molecular weight is 402 g/mol. The lowest BCUT2D eigenvalue weighted by molar-refractivity contribution is -0.135. The Hall–Kier alpha value is -2.92. The predicted octanol–water partition coefficient (Wildman–Crippen LogP) is 3.76. The first-order valence-corrected chi connectivity index (χ1v) is 10.8. The number of rotatable bonds is 6. The minimum atomic E-state index is -0.470. The van der Waals surface area contributed by atoms with E-state index < -0.39 is 5.41 Å². The summed E-state index contributed by atoms with van der Waals surface area (Å²) in [5.74, 6) is 0.952. The maximum Gasteiger partial charge on any atom is 0.235 e. The van der Waals surface area contributed by atoms with Crippen molar-refractivity contribution in [3.8, 4) is 11.3 Å². The van der Waals surface area contributed by atoms with Gasteiger partial charge in [-0.1, -0.05) is 65.8 Å². The molecule has 0 radical (unpaired) electrons. The number of hydrogen-bond acceptors (Lipinski definition) is 4. The molecule has 1 aliphatic heterocycles. The Balaban J connectivity index is 1.19. The summed E-state index contributed by atoms with van der Waals surface area (Å²) in [5.41, 5.74) is 2.68. The molecule has 154 valence electrons. The van der Waals surface area contributed by atoms with Gasteiger partial charge in [-0.2, -0.15) is 0 Å². The lowest BCUT2D eigenvalue weighted by Gasteiger charge is -2.36. The van der Waals surface area contributed by atoms with Crippen molar-refractivity contribution in [1.29, 1.82) is 0 Å². The highest BCUT2D eigenvalue weighted by atomic mass is 16.5. The molecule has 5 rings (SSSR count). The molecule has 1 aromatic heterocycles. The van der Waals surface area contributed by atoms with Crippen LogP contribution in [-0.2, 0) is 16.6 Å². The Morgan fingerprint density at radius 3 is 2.27 bits per heavy atom. The van der Waals surface area contributed by atoms with E-state index in [0.29, 0.717) is 0 Å². The Morgan fingerprint density at radius 2 is 1.60 bits per heavy atom. The third-order valence-electron chi connectivity index (χ3n) is 6.44. The van der Waals surface area contributed by atoms with Crippen LogP contribution < -0.4 is 0 Å². The number of nitrogens with zero attached hydrogens (tertiary/aromatic N) is 3. The van der Waals surface area contributed by atoms with Crippen LogP contribution in [0.5, 0.6) is 0 Å². The summed E-state index contributed by atoms with van der Waals surface area (Å²) < 4.78 is 5.58. The zero-order valence-corrected chi connectivity index (χ0v) is 17.2. The van der Waals surface area contributed by atoms with E-state index >= 15 is 0 Å². The molecule has 3 aromatic rings. The van der Waals surface area contributed by atoms with Crippen molar-refractivity contribution in [1.82, 2.24) is 15.0 Å². The number of carbonyl (C=O) groups is 1. The van der Waals surface area contributed by atoms with Gasteiger partial charge in [0, 0.05) is 44.4 Å². The van der Waals surface area contributed by atoms with Gasteiger partial charge in [0.15, 0.2) is 5.76 Å². The molecular formula is C25H27N3O2. The highest BCUT2D eigenvalue weighted by molar-refractivity contribution is 5.91. The minimum Gasteiger partial charge on any atom is -0.356 e. The zero-order chi connectivity index (χ0) is 20.4. The number of carbonyl (C=O) groups excluding carboxylic acids is 1. The van der Waals surface area contributed by atoms with Crippen molar-refractivity contribution >= 4 is 5.91 Å². The van der Waals surface area contributed by atoms with Crippen LogP contribution in [0, 0.1) is 0 Å². The Labute approximate surface area is 177 Å². The SMILES string of the molecule is O=C(N1CCN(CCc2ccccc2)CC1)C1(c2cc(-c3ccccc3)on2)CC1. The van der Waals surface area contributed by atoms with Crippen molar-refractivity contribution < 1.29 is 9.32 Å². The van der Waals surface area contributed by atoms with Crippen molar-refractivity contribution in [3.05, 3.63) is 78.0 Å². The second-order valence-corrected chi connectivity index (χ2v) is 8.39. The van der Waals surface area contributed by atoms with E-state index in [1.54, 1.807) is 0 Å². The molecule has 2 aliphatic rings. The summed E-state index contributed by atoms with van der Waals surface area (Å²) in [6, 6.07) is 22.5. The molecule has 0 atom stereocenters. The number of amides is 1. The van der Waals surface area contributed by atoms with Crippen LogP contribution in [0.3, 0.4) is 0 Å². The molecule has 5 nitrogen and oxygen atoms in total. The van der Waals surface area contributed by atoms with Gasteiger partial charge in [0.1, 0.15) is 0 Å². The van der Waals surface area contributed by atoms with Crippen LogP contribution in [0.2, 0.25) is 0 Å². The second-order valence-electron chi connectivity index (χ2n) is 8.39. The molecular weight excluding hydrogens is 374 g/mol. The Kier molecular flexibility index (Phi) is 5.13. The molecule has 0 spiro atoms. The van der Waals surface area contributed by atoms with E-state index in [0.717, 1.165) is 69.0 Å². The molecule has 1 aliphatic carbocycles. The lowest BCUT2D eigenvalue weighted by atomic mass is 9.99. The quantitative estimate of drug-likeness (QED) is 0.631. The minimum absolute atomic E-state index is 0.220. The van der Waals surface area contributed by atoms with Gasteiger partial charge < -0.3 is 9.42 Å². The number of benzene rings is 2. The molecule has 2 fully saturated rings. The van der Waals surface area contributed by atoms with E-state index in [4.69, 9.17) is 4.52 Å². The fraction of sp³-hybridized carbons (Fsp3) is 0.360. The van der Waals surface area contributed by atoms with Gasteiger partial charge in [-0.05, 0) is 24.8 Å². The Bertz CT molecular complexity index is 988. The van der Waals surface area contributed by atoms with E-state index in [1.165, 1.54) is 5.56 Å². The zero-order valence-electron chi connectivity index (χ0n) is 17.2. The maximum absolute atomic E-state index is 13.3. The largest absolute Gasteiger partial charge is 0.356 e. The van der Waals surface area contributed by atoms with Gasteiger partial charge in [0.05, 0.1) is 11.1 Å². The number of piperazine rings is 1. The Morgan fingerprint density at radius 1 is 0.933 bits per heavy atom. The first-order valence-electron chi connectivity index (χ1n) is 10.8. The molecule has 30 heavy (non-hydrogen) atoms. The molecule has 1 saturated carbocycles. The third kappa shape index (κ3) is 3.77. The first kappa shape index (κ1) is 19.1. The number of aromatic nitrogens is 1. The summed E-state index contributed by atoms with van der Waals surface area (Å²) in [6.45, 7) is 4.49. The molecule has 2 heterocycles. The van der Waals surface area contributed by atoms with Crippen LogP contribution in [0.15, 0.2) is 71.3 Å². The molecule has 0 N–H and O–H groups in total. The maximum atomic E-state index is 13.3. The van der Waals surface area contributed by atoms with Crippen LogP contribution in [0.4, 0.5) is 0 Å². The highest BCUT2D eigenvalue weighted by Gasteiger charge is 2.55. The average Bonchev–Trinajstić information content (AvgIpc) is 3.47. The summed E-state index contributed by atoms with van der Waals surface area (Å²) in [5, 5.41) is 4.29. The van der Waals surface area contributed by atoms with Crippen LogP contribution >= 0.6 is 0 Å². The van der Waals surface area contributed by atoms with Gasteiger partial charge in [-0.3, -0.25) is 9.69 Å². The van der Waals surface area contributed by atoms with Crippen molar-refractivity contribution in [2.24, 2.45) is 0 Å². The fourth-order valence-corrected chi connectivity index (χ4v) is 4.35. The van der Waals surface area contributed by atoms with Crippen molar-refractivity contribution in [2.45, 2.75) is 24.7 Å². The van der Waals surface area contributed by atoms with Gasteiger partial charge in [0.25, 0.3) is 0 Å². The number of hydrogen-bond donors (Lipinski definition) is 0. The smallest absolute Gasteiger partial charge is 0.235 e. The van der Waals surface area contributed by atoms with E-state index in [1.807, 2.05) is 41.3 Å². The second kappa shape index (κ2) is 8.07. The van der Waals surface area contributed by atoms with Crippen LogP contribution in [-0.4, -0.2) is 53.6 Å². The first-order chi connectivity index (χ1) is 14.7. The normalized spacial score (nSPS) is 18.3. The standard InChI is InChI=1S/C25H27N3O2/c29-24(28-17-15-27(16-18-28)14-11-20-7-3-1-4-8-20)25(12-13-25)23-19-22(30-26-23)21-9-5-2-6-10-21/h1-10,19H,11-18H2. The van der Waals surface area contributed by atoms with Crippen molar-refractivity contribution in [2.75, 3.05) is 32.7 Å². The molecule has 2 aromatic carbocycles. The predicted molar refractivity (Wildman–Crippen MR) is 116 cm³/mol. The molecule has 1 amide bonds. The molecule has 5 heteroatoms. The third-order valence-corrected chi connectivity index (χ3v) is 6.44. The molecule has 0 bridgehead atoms. The fourth-order valence-electron chi connectivity index (χ4n) is 4.35. The summed E-state index contributed by atoms with van der Waals surface area (Å²) >= 11 is 0. The monoisotopic (exact) mass is 401 g/mol. The van der Waals surface area contributed by atoms with Crippen molar-refractivity contribution in [3.63, 3.8) is 0 Å². The summed E-state index contributed by atoms with van der Waals surface area (Å²) in [4.78, 5) is 17.8. The van der Waals surface area contributed by atoms with Crippen LogP contribution in [0.1, 0.15) is 24.1 Å². The van der Waals surface area contributed by atoms with E-state index in [-0.39, 0.29) is 5.91 Å². The molecule has 0 unspecified atom stereocenters. The summed E-state index contributed by atoms with van der Waals surface area (Å²) in [6.07, 6.45) is 2.78. The van der Waals surface area contributed by atoms with Crippen LogP contribution in [0.25, 0.3) is 11.3 Å². The lowest BCUT2D eigenvalue weighted by Crippen LogP contribution is -2.51. The van der Waals surface area contributed by atoms with Gasteiger partial charge in [-0.15, -0.1) is 0 Å². The van der Waals surface area contributed by atoms with Gasteiger partial charge in [0.2, 0.25) is 5.91 Å². The summed E-state index contributed by atoms with van der Waals surface area (Å²) in [7, 11) is 0. The van der Waals surface area contributed by atoms with E-state index in [2.05, 4.69) is 40.4 Å².